The van der Waals surface area contributed by atoms with Crippen molar-refractivity contribution in [1.82, 2.24) is 9.78 Å². The van der Waals surface area contributed by atoms with Gasteiger partial charge in [0, 0.05) is 5.69 Å². The maximum absolute atomic E-state index is 6.02. The van der Waals surface area contributed by atoms with E-state index in [0.29, 0.717) is 11.4 Å². The third kappa shape index (κ3) is 1.62. The normalized spacial score (nSPS) is 10.4. The molecule has 0 saturated heterocycles. The molecule has 0 saturated carbocycles. The average molecular weight is 217 g/mol. The second kappa shape index (κ2) is 3.89. The largest absolute Gasteiger partial charge is 0.495 e. The molecule has 0 bridgehead atoms. The van der Waals surface area contributed by atoms with E-state index in [0.717, 1.165) is 17.1 Å². The van der Waals surface area contributed by atoms with E-state index in [1.807, 2.05) is 42.8 Å². The molecule has 2 rings (SSSR count). The summed E-state index contributed by atoms with van der Waals surface area (Å²) in [6.07, 6.45) is 0. The second-order valence-corrected chi connectivity index (χ2v) is 3.73. The minimum atomic E-state index is 0.608. The van der Waals surface area contributed by atoms with Crippen molar-refractivity contribution in [1.29, 1.82) is 0 Å². The van der Waals surface area contributed by atoms with E-state index < -0.39 is 0 Å². The van der Waals surface area contributed by atoms with Crippen LogP contribution in [0.25, 0.3) is 5.69 Å². The standard InChI is InChI=1S/C12H15N3O/c1-8-7-9(2)15(14-8)10-5-4-6-11(16-3)12(10)13/h4-7H,13H2,1-3H3. The Kier molecular flexibility index (Phi) is 2.56. The molecule has 0 amide bonds. The zero-order valence-electron chi connectivity index (χ0n) is 9.69. The molecule has 0 unspecified atom stereocenters. The summed E-state index contributed by atoms with van der Waals surface area (Å²) in [6.45, 7) is 3.96. The van der Waals surface area contributed by atoms with Gasteiger partial charge in [-0.3, -0.25) is 0 Å². The number of nitrogen functional groups attached to an aromatic ring is 1. The number of benzene rings is 1. The van der Waals surface area contributed by atoms with Crippen LogP contribution < -0.4 is 10.5 Å². The topological polar surface area (TPSA) is 53.1 Å². The second-order valence-electron chi connectivity index (χ2n) is 3.73. The van der Waals surface area contributed by atoms with Gasteiger partial charge in [-0.25, -0.2) is 4.68 Å². The molecule has 16 heavy (non-hydrogen) atoms. The third-order valence-electron chi connectivity index (χ3n) is 2.50. The highest BCUT2D eigenvalue weighted by Crippen LogP contribution is 2.28. The lowest BCUT2D eigenvalue weighted by Crippen LogP contribution is -2.04. The van der Waals surface area contributed by atoms with Crippen LogP contribution in [0, 0.1) is 13.8 Å². The van der Waals surface area contributed by atoms with E-state index in [1.54, 1.807) is 7.11 Å². The Labute approximate surface area is 94.6 Å². The van der Waals surface area contributed by atoms with Crippen LogP contribution in [-0.4, -0.2) is 16.9 Å². The third-order valence-corrected chi connectivity index (χ3v) is 2.50. The van der Waals surface area contributed by atoms with Gasteiger partial charge in [-0.2, -0.15) is 5.10 Å². The van der Waals surface area contributed by atoms with E-state index >= 15 is 0 Å². The molecule has 4 nitrogen and oxygen atoms in total. The summed E-state index contributed by atoms with van der Waals surface area (Å²) in [5.74, 6) is 0.671. The first kappa shape index (κ1) is 10.5. The lowest BCUT2D eigenvalue weighted by molar-refractivity contribution is 0.416. The number of ether oxygens (including phenoxy) is 1. The molecule has 0 spiro atoms. The number of rotatable bonds is 2. The van der Waals surface area contributed by atoms with Gasteiger partial charge >= 0.3 is 0 Å². The summed E-state index contributed by atoms with van der Waals surface area (Å²) in [6, 6.07) is 7.68. The Morgan fingerprint density at radius 2 is 2.06 bits per heavy atom. The Hall–Kier alpha value is -1.97. The van der Waals surface area contributed by atoms with Crippen molar-refractivity contribution in [2.24, 2.45) is 0 Å². The number of methoxy groups -OCH3 is 1. The van der Waals surface area contributed by atoms with Crippen molar-refractivity contribution in [2.45, 2.75) is 13.8 Å². The molecule has 1 aromatic carbocycles. The fraction of sp³-hybridized carbons (Fsp3) is 0.250. The maximum atomic E-state index is 6.02. The van der Waals surface area contributed by atoms with Crippen LogP contribution in [0.1, 0.15) is 11.4 Å². The van der Waals surface area contributed by atoms with Crippen LogP contribution in [-0.2, 0) is 0 Å². The zero-order chi connectivity index (χ0) is 11.7. The monoisotopic (exact) mass is 217 g/mol. The van der Waals surface area contributed by atoms with Gasteiger partial charge < -0.3 is 10.5 Å². The van der Waals surface area contributed by atoms with Crippen molar-refractivity contribution in [2.75, 3.05) is 12.8 Å². The van der Waals surface area contributed by atoms with Gasteiger partial charge in [0.1, 0.15) is 11.4 Å². The molecule has 0 fully saturated rings. The zero-order valence-corrected chi connectivity index (χ0v) is 9.69. The highest BCUT2D eigenvalue weighted by atomic mass is 16.5. The molecule has 0 radical (unpaired) electrons. The van der Waals surface area contributed by atoms with E-state index in [1.165, 1.54) is 0 Å². The molecule has 2 aromatic rings. The number of hydrogen-bond acceptors (Lipinski definition) is 3. The number of aryl methyl sites for hydroxylation is 2. The highest BCUT2D eigenvalue weighted by Gasteiger charge is 2.10. The summed E-state index contributed by atoms with van der Waals surface area (Å²) < 4.78 is 7.01. The minimum Gasteiger partial charge on any atom is -0.495 e. The van der Waals surface area contributed by atoms with Gasteiger partial charge in [0.25, 0.3) is 0 Å². The first-order valence-electron chi connectivity index (χ1n) is 5.09. The molecule has 0 aliphatic rings. The summed E-state index contributed by atoms with van der Waals surface area (Å²) in [5.41, 5.74) is 9.50. The fourth-order valence-electron chi connectivity index (χ4n) is 1.77. The van der Waals surface area contributed by atoms with Crippen molar-refractivity contribution >= 4 is 5.69 Å². The first-order chi connectivity index (χ1) is 7.63. The molecule has 84 valence electrons. The van der Waals surface area contributed by atoms with Crippen LogP contribution in [0.5, 0.6) is 5.75 Å². The van der Waals surface area contributed by atoms with Gasteiger partial charge in [-0.1, -0.05) is 6.07 Å². The van der Waals surface area contributed by atoms with E-state index in [9.17, 15) is 0 Å². The molecule has 2 N–H and O–H groups in total. The number of hydrogen-bond donors (Lipinski definition) is 1. The molecule has 4 heteroatoms. The number of anilines is 1. The number of para-hydroxylation sites is 1. The predicted molar refractivity (Wildman–Crippen MR) is 64.0 cm³/mol. The average Bonchev–Trinajstić information content (AvgIpc) is 2.58. The van der Waals surface area contributed by atoms with E-state index in [2.05, 4.69) is 5.10 Å². The molecule has 0 atom stereocenters. The van der Waals surface area contributed by atoms with Crippen molar-refractivity contribution < 1.29 is 4.74 Å². The van der Waals surface area contributed by atoms with Crippen LogP contribution in [0.15, 0.2) is 24.3 Å². The molecular weight excluding hydrogens is 202 g/mol. The van der Waals surface area contributed by atoms with Crippen LogP contribution >= 0.6 is 0 Å². The molecular formula is C12H15N3O. The van der Waals surface area contributed by atoms with Gasteiger partial charge in [0.05, 0.1) is 18.5 Å². The number of aromatic nitrogens is 2. The number of nitrogens with zero attached hydrogens (tertiary/aromatic N) is 2. The van der Waals surface area contributed by atoms with E-state index in [-0.39, 0.29) is 0 Å². The van der Waals surface area contributed by atoms with Gasteiger partial charge in [0.15, 0.2) is 0 Å². The quantitative estimate of drug-likeness (QED) is 0.783. The Bertz CT molecular complexity index is 517. The fourth-order valence-corrected chi connectivity index (χ4v) is 1.77. The lowest BCUT2D eigenvalue weighted by atomic mass is 10.2. The van der Waals surface area contributed by atoms with Gasteiger partial charge in [0.2, 0.25) is 0 Å². The summed E-state index contributed by atoms with van der Waals surface area (Å²) in [7, 11) is 1.61. The minimum absolute atomic E-state index is 0.608. The van der Waals surface area contributed by atoms with Crippen LogP contribution in [0.3, 0.4) is 0 Å². The molecule has 1 aromatic heterocycles. The molecule has 1 heterocycles. The summed E-state index contributed by atoms with van der Waals surface area (Å²) >= 11 is 0. The highest BCUT2D eigenvalue weighted by molar-refractivity contribution is 5.66. The Balaban J connectivity index is 2.60. The molecule has 0 aliphatic heterocycles. The number of nitrogens with two attached hydrogens (primary N) is 1. The van der Waals surface area contributed by atoms with Crippen molar-refractivity contribution in [3.8, 4) is 11.4 Å². The van der Waals surface area contributed by atoms with Crippen LogP contribution in [0.4, 0.5) is 5.69 Å². The van der Waals surface area contributed by atoms with Crippen LogP contribution in [0.2, 0.25) is 0 Å². The molecule has 0 aliphatic carbocycles. The summed E-state index contributed by atoms with van der Waals surface area (Å²) in [5, 5.41) is 4.40. The van der Waals surface area contributed by atoms with Gasteiger partial charge in [-0.05, 0) is 32.0 Å². The smallest absolute Gasteiger partial charge is 0.143 e. The van der Waals surface area contributed by atoms with Gasteiger partial charge in [-0.15, -0.1) is 0 Å². The van der Waals surface area contributed by atoms with E-state index in [4.69, 9.17) is 10.5 Å². The maximum Gasteiger partial charge on any atom is 0.143 e. The predicted octanol–water partition coefficient (Wildman–Crippen LogP) is 2.08. The Morgan fingerprint density at radius 3 is 2.62 bits per heavy atom. The van der Waals surface area contributed by atoms with Crippen molar-refractivity contribution in [3.63, 3.8) is 0 Å². The summed E-state index contributed by atoms with van der Waals surface area (Å²) in [4.78, 5) is 0. The lowest BCUT2D eigenvalue weighted by Gasteiger charge is -2.11. The SMILES string of the molecule is COc1cccc(-n2nc(C)cc2C)c1N. The Morgan fingerprint density at radius 1 is 1.31 bits per heavy atom. The van der Waals surface area contributed by atoms with Crippen molar-refractivity contribution in [3.05, 3.63) is 35.7 Å². The first-order valence-corrected chi connectivity index (χ1v) is 5.09.